The third-order valence-electron chi connectivity index (χ3n) is 5.97. The van der Waals surface area contributed by atoms with Gasteiger partial charge >= 0.3 is 6.09 Å². The smallest absolute Gasteiger partial charge is 0.404 e. The van der Waals surface area contributed by atoms with Crippen LogP contribution in [0.1, 0.15) is 17.4 Å². The maximum atomic E-state index is 14.4. The Kier molecular flexibility index (Phi) is 7.06. The molecule has 188 valence electrons. The molecule has 9 nitrogen and oxygen atoms in total. The molecule has 1 saturated heterocycles. The van der Waals surface area contributed by atoms with Crippen LogP contribution in [0.15, 0.2) is 48.8 Å². The van der Waals surface area contributed by atoms with Crippen LogP contribution >= 0.6 is 0 Å². The van der Waals surface area contributed by atoms with Gasteiger partial charge in [-0.1, -0.05) is 13.0 Å². The Morgan fingerprint density at radius 1 is 1.08 bits per heavy atom. The van der Waals surface area contributed by atoms with Gasteiger partial charge in [-0.3, -0.25) is 9.78 Å². The molecule has 36 heavy (non-hydrogen) atoms. The van der Waals surface area contributed by atoms with E-state index >= 15 is 0 Å². The minimum absolute atomic E-state index is 0.140. The van der Waals surface area contributed by atoms with Gasteiger partial charge in [-0.2, -0.15) is 0 Å². The van der Waals surface area contributed by atoms with Gasteiger partial charge in [0, 0.05) is 25.3 Å². The van der Waals surface area contributed by atoms with Crippen molar-refractivity contribution in [2.24, 2.45) is 11.7 Å². The van der Waals surface area contributed by atoms with Crippen molar-refractivity contribution in [3.63, 3.8) is 0 Å². The summed E-state index contributed by atoms with van der Waals surface area (Å²) in [5, 5.41) is 14.2. The molecule has 1 aliphatic rings. The standard InChI is InChI=1S/C24H23F3N6O3/c1-12-10-33(11-16(28)21(12)32-24(35)36)19-7-8-29-9-18(19)31-23(34)17-6-5-15(27)22(30-17)20-13(25)3-2-4-14(20)26/h2-9,12,16,21,32H,10-11,28H2,1H3,(H,31,34)(H,35,36)/t12-,16+,21-/m0/s1. The van der Waals surface area contributed by atoms with Gasteiger partial charge < -0.3 is 26.4 Å². The lowest BCUT2D eigenvalue weighted by molar-refractivity contribution is 0.102. The molecule has 5 N–H and O–H groups in total. The molecule has 1 fully saturated rings. The first kappa shape index (κ1) is 24.9. The zero-order valence-electron chi connectivity index (χ0n) is 19.1. The monoisotopic (exact) mass is 500 g/mol. The molecule has 0 bridgehead atoms. The van der Waals surface area contributed by atoms with Crippen LogP contribution < -0.4 is 21.3 Å². The Hall–Kier alpha value is -4.19. The normalized spacial score (nSPS) is 19.6. The molecule has 1 aliphatic heterocycles. The maximum absolute atomic E-state index is 14.4. The van der Waals surface area contributed by atoms with E-state index in [1.165, 1.54) is 12.4 Å². The topological polar surface area (TPSA) is 133 Å². The van der Waals surface area contributed by atoms with Crippen LogP contribution in [0, 0.1) is 23.4 Å². The zero-order chi connectivity index (χ0) is 26.0. The van der Waals surface area contributed by atoms with Gasteiger partial charge in [0.25, 0.3) is 5.91 Å². The van der Waals surface area contributed by atoms with Crippen LogP contribution in [0.5, 0.6) is 0 Å². The van der Waals surface area contributed by atoms with Crippen molar-refractivity contribution in [1.82, 2.24) is 15.3 Å². The van der Waals surface area contributed by atoms with Crippen molar-refractivity contribution in [1.29, 1.82) is 0 Å². The molecular formula is C24H23F3N6O3. The average Bonchev–Trinajstić information content (AvgIpc) is 2.82. The second kappa shape index (κ2) is 10.2. The molecule has 1 aromatic carbocycles. The number of pyridine rings is 2. The number of halogens is 3. The van der Waals surface area contributed by atoms with Crippen molar-refractivity contribution < 1.29 is 27.9 Å². The van der Waals surface area contributed by atoms with Gasteiger partial charge in [0.1, 0.15) is 28.8 Å². The summed E-state index contributed by atoms with van der Waals surface area (Å²) in [5.41, 5.74) is 5.54. The van der Waals surface area contributed by atoms with Crippen molar-refractivity contribution in [3.8, 4) is 11.3 Å². The molecule has 3 atom stereocenters. The number of aromatic nitrogens is 2. The second-order valence-corrected chi connectivity index (χ2v) is 8.49. The number of piperidine rings is 1. The fraction of sp³-hybridized carbons (Fsp3) is 0.250. The maximum Gasteiger partial charge on any atom is 0.404 e. The molecule has 0 unspecified atom stereocenters. The van der Waals surface area contributed by atoms with Crippen LogP contribution in [-0.2, 0) is 0 Å². The molecule has 3 heterocycles. The fourth-order valence-electron chi connectivity index (χ4n) is 4.33. The van der Waals surface area contributed by atoms with Gasteiger partial charge in [0.05, 0.1) is 29.2 Å². The number of carbonyl (C=O) groups excluding carboxylic acids is 1. The van der Waals surface area contributed by atoms with E-state index in [9.17, 15) is 22.8 Å². The highest BCUT2D eigenvalue weighted by atomic mass is 19.1. The highest BCUT2D eigenvalue weighted by molar-refractivity contribution is 6.04. The zero-order valence-corrected chi connectivity index (χ0v) is 19.1. The lowest BCUT2D eigenvalue weighted by Crippen LogP contribution is -2.61. The number of rotatable bonds is 5. The van der Waals surface area contributed by atoms with E-state index in [4.69, 9.17) is 10.8 Å². The van der Waals surface area contributed by atoms with Crippen LogP contribution in [-0.4, -0.2) is 52.2 Å². The van der Waals surface area contributed by atoms with Crippen molar-refractivity contribution in [2.45, 2.75) is 19.0 Å². The Morgan fingerprint density at radius 3 is 2.47 bits per heavy atom. The van der Waals surface area contributed by atoms with E-state index in [-0.39, 0.29) is 11.6 Å². The summed E-state index contributed by atoms with van der Waals surface area (Å²) >= 11 is 0. The van der Waals surface area contributed by atoms with Crippen molar-refractivity contribution >= 4 is 23.4 Å². The van der Waals surface area contributed by atoms with Gasteiger partial charge in [-0.15, -0.1) is 0 Å². The third kappa shape index (κ3) is 5.08. The number of benzene rings is 1. The molecular weight excluding hydrogens is 477 g/mol. The summed E-state index contributed by atoms with van der Waals surface area (Å²) in [6.45, 7) is 2.60. The number of amides is 2. The predicted molar refractivity (Wildman–Crippen MR) is 126 cm³/mol. The van der Waals surface area contributed by atoms with Gasteiger partial charge in [-0.05, 0) is 36.2 Å². The third-order valence-corrected chi connectivity index (χ3v) is 5.97. The Labute approximate surface area is 204 Å². The summed E-state index contributed by atoms with van der Waals surface area (Å²) < 4.78 is 42.8. The van der Waals surface area contributed by atoms with Crippen LogP contribution in [0.4, 0.5) is 29.3 Å². The number of nitrogens with two attached hydrogens (primary N) is 1. The number of nitrogens with zero attached hydrogens (tertiary/aromatic N) is 3. The van der Waals surface area contributed by atoms with E-state index in [2.05, 4.69) is 20.6 Å². The Bertz CT molecular complexity index is 1280. The number of hydrogen-bond donors (Lipinski definition) is 4. The number of nitrogens with one attached hydrogen (secondary N) is 2. The van der Waals surface area contributed by atoms with E-state index in [1.807, 2.05) is 11.8 Å². The highest BCUT2D eigenvalue weighted by Gasteiger charge is 2.34. The molecule has 12 heteroatoms. The molecule has 3 aromatic rings. The van der Waals surface area contributed by atoms with E-state index in [0.717, 1.165) is 30.3 Å². The largest absolute Gasteiger partial charge is 0.465 e. The summed E-state index contributed by atoms with van der Waals surface area (Å²) in [7, 11) is 0. The SMILES string of the molecule is C[C@H]1CN(c2ccncc2NC(=O)c2ccc(F)c(-c3c(F)cccc3F)n2)C[C@@H](N)[C@H]1NC(=O)O. The minimum atomic E-state index is -1.16. The number of hydrogen-bond acceptors (Lipinski definition) is 6. The summed E-state index contributed by atoms with van der Waals surface area (Å²) in [5.74, 6) is -3.90. The predicted octanol–water partition coefficient (Wildman–Crippen LogP) is 3.23. The minimum Gasteiger partial charge on any atom is -0.465 e. The fourth-order valence-corrected chi connectivity index (χ4v) is 4.33. The summed E-state index contributed by atoms with van der Waals surface area (Å²) in [4.78, 5) is 33.9. The lowest BCUT2D eigenvalue weighted by Gasteiger charge is -2.42. The van der Waals surface area contributed by atoms with Crippen molar-refractivity contribution in [3.05, 3.63) is 71.9 Å². The summed E-state index contributed by atoms with van der Waals surface area (Å²) in [6.07, 6.45) is 1.78. The van der Waals surface area contributed by atoms with Gasteiger partial charge in [0.15, 0.2) is 0 Å². The van der Waals surface area contributed by atoms with Crippen LogP contribution in [0.2, 0.25) is 0 Å². The molecule has 0 spiro atoms. The van der Waals surface area contributed by atoms with Gasteiger partial charge in [-0.25, -0.2) is 22.9 Å². The molecule has 0 saturated carbocycles. The van der Waals surface area contributed by atoms with E-state index in [0.29, 0.717) is 24.5 Å². The highest BCUT2D eigenvalue weighted by Crippen LogP contribution is 2.30. The first-order valence-electron chi connectivity index (χ1n) is 11.0. The molecule has 0 radical (unpaired) electrons. The van der Waals surface area contributed by atoms with Gasteiger partial charge in [0.2, 0.25) is 0 Å². The Balaban J connectivity index is 1.59. The number of carboxylic acid groups (broad SMARTS) is 1. The molecule has 4 rings (SSSR count). The van der Waals surface area contributed by atoms with Crippen molar-refractivity contribution in [2.75, 3.05) is 23.3 Å². The van der Waals surface area contributed by atoms with E-state index in [1.54, 1.807) is 6.07 Å². The molecule has 2 aromatic heterocycles. The number of anilines is 2. The first-order chi connectivity index (χ1) is 17.2. The van der Waals surface area contributed by atoms with Crippen LogP contribution in [0.3, 0.4) is 0 Å². The molecule has 2 amide bonds. The Morgan fingerprint density at radius 2 is 1.81 bits per heavy atom. The molecule has 0 aliphatic carbocycles. The summed E-state index contributed by atoms with van der Waals surface area (Å²) in [6, 6.07) is 5.79. The second-order valence-electron chi connectivity index (χ2n) is 8.49. The quantitative estimate of drug-likeness (QED) is 0.423. The van der Waals surface area contributed by atoms with Crippen LogP contribution in [0.25, 0.3) is 11.3 Å². The lowest BCUT2D eigenvalue weighted by atomic mass is 9.90. The average molecular weight is 500 g/mol. The number of carbonyl (C=O) groups is 2. The first-order valence-corrected chi connectivity index (χ1v) is 11.0. The van der Waals surface area contributed by atoms with E-state index < -0.39 is 52.8 Å².